The second-order valence-corrected chi connectivity index (χ2v) is 8.31. The van der Waals surface area contributed by atoms with E-state index < -0.39 is 15.9 Å². The van der Waals surface area contributed by atoms with Crippen molar-refractivity contribution in [2.45, 2.75) is 25.7 Å². The smallest absolute Gasteiger partial charge is 0.262 e. The first-order valence-electron chi connectivity index (χ1n) is 9.44. The first kappa shape index (κ1) is 23.4. The van der Waals surface area contributed by atoms with E-state index in [1.165, 1.54) is 42.6 Å². The van der Waals surface area contributed by atoms with Crippen molar-refractivity contribution >= 4 is 27.4 Å². The van der Waals surface area contributed by atoms with Crippen LogP contribution in [0.5, 0.6) is 11.5 Å². The van der Waals surface area contributed by atoms with E-state index in [0.29, 0.717) is 35.8 Å². The zero-order chi connectivity index (χ0) is 22.3. The van der Waals surface area contributed by atoms with Gasteiger partial charge in [0.05, 0.1) is 12.0 Å². The number of nitrogens with one attached hydrogen (secondary N) is 1. The molecule has 1 amide bonds. The molecule has 2 aromatic rings. The molecule has 0 radical (unpaired) electrons. The van der Waals surface area contributed by atoms with E-state index in [-0.39, 0.29) is 17.3 Å². The van der Waals surface area contributed by atoms with Crippen LogP contribution in [0.25, 0.3) is 0 Å². The molecule has 1 N–H and O–H groups in total. The maximum absolute atomic E-state index is 12.5. The lowest BCUT2D eigenvalue weighted by Crippen LogP contribution is -2.30. The highest BCUT2D eigenvalue weighted by Gasteiger charge is 2.21. The monoisotopic (exact) mass is 434 g/mol. The molecule has 0 aromatic heterocycles. The van der Waals surface area contributed by atoms with Gasteiger partial charge < -0.3 is 14.8 Å². The molecule has 0 aliphatic carbocycles. The number of carbonyl (C=O) groups is 2. The summed E-state index contributed by atoms with van der Waals surface area (Å²) in [5, 5.41) is 2.65. The van der Waals surface area contributed by atoms with Crippen LogP contribution >= 0.6 is 0 Å². The molecule has 0 heterocycles. The Kier molecular flexibility index (Phi) is 7.96. The Balaban J connectivity index is 2.01. The van der Waals surface area contributed by atoms with Crippen LogP contribution in [0.15, 0.2) is 47.4 Å². The number of Topliss-reactive ketones (excluding diaryl/α,β-unsaturated/α-hetero) is 1. The Morgan fingerprint density at radius 1 is 1.00 bits per heavy atom. The molecule has 0 saturated carbocycles. The molecule has 2 rings (SSSR count). The molecule has 30 heavy (non-hydrogen) atoms. The summed E-state index contributed by atoms with van der Waals surface area (Å²) in [6.45, 7) is 5.48. The standard InChI is InChI=1S/C21H26N2O6S/c1-5-23(6-2)30(26,27)18-10-8-17(9-11-18)22-21(25)14-29-19-12-7-16(15(3)24)13-20(19)28-4/h7-13H,5-6,14H2,1-4H3,(H,22,25). The topological polar surface area (TPSA) is 102 Å². The van der Waals surface area contributed by atoms with Gasteiger partial charge in [0.25, 0.3) is 5.91 Å². The summed E-state index contributed by atoms with van der Waals surface area (Å²) < 4.78 is 37.0. The minimum atomic E-state index is -3.55. The number of sulfonamides is 1. The number of anilines is 1. The van der Waals surface area contributed by atoms with Gasteiger partial charge >= 0.3 is 0 Å². The molecule has 0 bridgehead atoms. The number of hydrogen-bond donors (Lipinski definition) is 1. The maximum Gasteiger partial charge on any atom is 0.262 e. The number of rotatable bonds is 10. The summed E-state index contributed by atoms with van der Waals surface area (Å²) >= 11 is 0. The molecule has 0 atom stereocenters. The third-order valence-electron chi connectivity index (χ3n) is 4.41. The minimum Gasteiger partial charge on any atom is -0.493 e. The highest BCUT2D eigenvalue weighted by molar-refractivity contribution is 7.89. The van der Waals surface area contributed by atoms with Gasteiger partial charge in [-0.1, -0.05) is 13.8 Å². The second-order valence-electron chi connectivity index (χ2n) is 6.37. The molecular formula is C21H26N2O6S. The van der Waals surface area contributed by atoms with Crippen LogP contribution in [0.3, 0.4) is 0 Å². The number of hydrogen-bond acceptors (Lipinski definition) is 6. The van der Waals surface area contributed by atoms with E-state index in [0.717, 1.165) is 0 Å². The van der Waals surface area contributed by atoms with E-state index >= 15 is 0 Å². The van der Waals surface area contributed by atoms with Gasteiger partial charge in [0.15, 0.2) is 23.9 Å². The zero-order valence-corrected chi connectivity index (χ0v) is 18.3. The molecule has 0 fully saturated rings. The van der Waals surface area contributed by atoms with Gasteiger partial charge in [-0.2, -0.15) is 4.31 Å². The summed E-state index contributed by atoms with van der Waals surface area (Å²) in [6, 6.07) is 10.7. The summed E-state index contributed by atoms with van der Waals surface area (Å²) in [7, 11) is -2.11. The van der Waals surface area contributed by atoms with Gasteiger partial charge in [-0.05, 0) is 49.4 Å². The van der Waals surface area contributed by atoms with Crippen molar-refractivity contribution in [2.75, 3.05) is 32.1 Å². The van der Waals surface area contributed by atoms with Crippen LogP contribution in [0.4, 0.5) is 5.69 Å². The number of ketones is 1. The Morgan fingerprint density at radius 2 is 1.63 bits per heavy atom. The molecular weight excluding hydrogens is 408 g/mol. The normalized spacial score (nSPS) is 11.2. The summed E-state index contributed by atoms with van der Waals surface area (Å²) in [4.78, 5) is 23.8. The first-order chi connectivity index (χ1) is 14.2. The molecule has 0 aliphatic heterocycles. The van der Waals surface area contributed by atoms with Crippen molar-refractivity contribution in [2.24, 2.45) is 0 Å². The van der Waals surface area contributed by atoms with Gasteiger partial charge in [-0.15, -0.1) is 0 Å². The van der Waals surface area contributed by atoms with Crippen molar-refractivity contribution < 1.29 is 27.5 Å². The van der Waals surface area contributed by atoms with Gasteiger partial charge in [0, 0.05) is 24.3 Å². The second kappa shape index (κ2) is 10.2. The number of carbonyl (C=O) groups excluding carboxylic acids is 2. The first-order valence-corrected chi connectivity index (χ1v) is 10.9. The Hall–Kier alpha value is -2.91. The van der Waals surface area contributed by atoms with E-state index in [4.69, 9.17) is 9.47 Å². The summed E-state index contributed by atoms with van der Waals surface area (Å²) in [5.74, 6) is 0.149. The third-order valence-corrected chi connectivity index (χ3v) is 6.47. The quantitative estimate of drug-likeness (QED) is 0.577. The Bertz CT molecular complexity index is 999. The highest BCUT2D eigenvalue weighted by Crippen LogP contribution is 2.28. The van der Waals surface area contributed by atoms with Crippen LogP contribution in [-0.2, 0) is 14.8 Å². The predicted molar refractivity (Wildman–Crippen MR) is 114 cm³/mol. The molecule has 2 aromatic carbocycles. The molecule has 9 heteroatoms. The predicted octanol–water partition coefficient (Wildman–Crippen LogP) is 2.95. The van der Waals surface area contributed by atoms with Crippen LogP contribution in [0, 0.1) is 0 Å². The number of amides is 1. The minimum absolute atomic E-state index is 0.107. The summed E-state index contributed by atoms with van der Waals surface area (Å²) in [5.41, 5.74) is 0.921. The van der Waals surface area contributed by atoms with Gasteiger partial charge in [0.2, 0.25) is 10.0 Å². The lowest BCUT2D eigenvalue weighted by Gasteiger charge is -2.18. The van der Waals surface area contributed by atoms with Crippen molar-refractivity contribution in [1.29, 1.82) is 0 Å². The van der Waals surface area contributed by atoms with E-state index in [1.54, 1.807) is 32.0 Å². The fourth-order valence-corrected chi connectivity index (χ4v) is 4.23. The van der Waals surface area contributed by atoms with Crippen LogP contribution in [-0.4, -0.2) is 51.2 Å². The van der Waals surface area contributed by atoms with Crippen LogP contribution in [0.1, 0.15) is 31.1 Å². The SMILES string of the molecule is CCN(CC)S(=O)(=O)c1ccc(NC(=O)COc2ccc(C(C)=O)cc2OC)cc1. The fraction of sp³-hybridized carbons (Fsp3) is 0.333. The van der Waals surface area contributed by atoms with Crippen molar-refractivity contribution in [3.8, 4) is 11.5 Å². The Morgan fingerprint density at radius 3 is 2.17 bits per heavy atom. The average molecular weight is 435 g/mol. The van der Waals surface area contributed by atoms with Gasteiger partial charge in [0.1, 0.15) is 0 Å². The van der Waals surface area contributed by atoms with Crippen LogP contribution in [0.2, 0.25) is 0 Å². The van der Waals surface area contributed by atoms with Gasteiger partial charge in [-0.25, -0.2) is 8.42 Å². The lowest BCUT2D eigenvalue weighted by atomic mass is 10.1. The Labute approximate surface area is 176 Å². The molecule has 0 spiro atoms. The molecule has 0 unspecified atom stereocenters. The van der Waals surface area contributed by atoms with Crippen LogP contribution < -0.4 is 14.8 Å². The maximum atomic E-state index is 12.5. The van der Waals surface area contributed by atoms with Crippen molar-refractivity contribution in [1.82, 2.24) is 4.31 Å². The number of methoxy groups -OCH3 is 1. The number of ether oxygens (including phenoxy) is 2. The van der Waals surface area contributed by atoms with Crippen molar-refractivity contribution in [3.05, 3.63) is 48.0 Å². The average Bonchev–Trinajstić information content (AvgIpc) is 2.73. The molecule has 0 saturated heterocycles. The number of benzene rings is 2. The van der Waals surface area contributed by atoms with Crippen molar-refractivity contribution in [3.63, 3.8) is 0 Å². The third kappa shape index (κ3) is 5.58. The number of nitrogens with zero attached hydrogens (tertiary/aromatic N) is 1. The largest absolute Gasteiger partial charge is 0.493 e. The molecule has 0 aliphatic rings. The molecule has 162 valence electrons. The fourth-order valence-electron chi connectivity index (χ4n) is 2.77. The zero-order valence-electron chi connectivity index (χ0n) is 17.5. The van der Waals surface area contributed by atoms with E-state index in [1.807, 2.05) is 0 Å². The lowest BCUT2D eigenvalue weighted by molar-refractivity contribution is -0.118. The van der Waals surface area contributed by atoms with E-state index in [9.17, 15) is 18.0 Å². The summed E-state index contributed by atoms with van der Waals surface area (Å²) in [6.07, 6.45) is 0. The molecule has 8 nitrogen and oxygen atoms in total. The van der Waals surface area contributed by atoms with Gasteiger partial charge in [-0.3, -0.25) is 9.59 Å². The highest BCUT2D eigenvalue weighted by atomic mass is 32.2. The van der Waals surface area contributed by atoms with E-state index in [2.05, 4.69) is 5.32 Å².